The molecule has 0 aliphatic heterocycles. The fourth-order valence-electron chi connectivity index (χ4n) is 0.561. The highest BCUT2D eigenvalue weighted by Crippen LogP contribution is 2.02. The Labute approximate surface area is 67.0 Å². The van der Waals surface area contributed by atoms with Crippen LogP contribution in [0.1, 0.15) is 5.01 Å². The third kappa shape index (κ3) is 2.24. The van der Waals surface area contributed by atoms with Crippen LogP contribution in [0.3, 0.4) is 0 Å². The van der Waals surface area contributed by atoms with Crippen LogP contribution >= 0.6 is 11.5 Å². The monoisotopic (exact) mass is 173 g/mol. The summed E-state index contributed by atoms with van der Waals surface area (Å²) >= 11 is 1.16. The number of nitrogens with two attached hydrogens (primary N) is 1. The van der Waals surface area contributed by atoms with Gasteiger partial charge in [-0.25, -0.2) is 4.98 Å². The summed E-state index contributed by atoms with van der Waals surface area (Å²) in [5, 5.41) is 9.06. The number of aliphatic carboxylic acids is 1. The summed E-state index contributed by atoms with van der Waals surface area (Å²) in [6.07, 6.45) is 1.63. The molecule has 1 rings (SSSR count). The lowest BCUT2D eigenvalue weighted by atomic mass is 10.2. The standard InChI is InChI=1S/C5H7N3O2S/c6-3(5(9)10)1-4-7-2-8-11-4/h2-3H,1,6H2,(H,9,10). The zero-order chi connectivity index (χ0) is 8.27. The first-order chi connectivity index (χ1) is 5.20. The molecule has 6 heteroatoms. The van der Waals surface area contributed by atoms with Crippen molar-refractivity contribution in [3.8, 4) is 0 Å². The smallest absolute Gasteiger partial charge is 0.320 e. The van der Waals surface area contributed by atoms with Crippen molar-refractivity contribution in [1.29, 1.82) is 0 Å². The lowest BCUT2D eigenvalue weighted by molar-refractivity contribution is -0.138. The molecule has 1 atom stereocenters. The van der Waals surface area contributed by atoms with Crippen molar-refractivity contribution >= 4 is 17.5 Å². The molecule has 1 unspecified atom stereocenters. The summed E-state index contributed by atoms with van der Waals surface area (Å²) in [4.78, 5) is 14.1. The molecule has 0 radical (unpaired) electrons. The largest absolute Gasteiger partial charge is 0.480 e. The maximum Gasteiger partial charge on any atom is 0.320 e. The highest BCUT2D eigenvalue weighted by atomic mass is 32.1. The van der Waals surface area contributed by atoms with Gasteiger partial charge in [-0.3, -0.25) is 4.79 Å². The quantitative estimate of drug-likeness (QED) is 0.642. The zero-order valence-electron chi connectivity index (χ0n) is 5.60. The number of nitrogens with zero attached hydrogens (tertiary/aromatic N) is 2. The highest BCUT2D eigenvalue weighted by molar-refractivity contribution is 7.05. The number of rotatable bonds is 3. The number of carboxylic acid groups (broad SMARTS) is 1. The Kier molecular flexibility index (Phi) is 2.50. The molecule has 0 aliphatic rings. The van der Waals surface area contributed by atoms with E-state index in [4.69, 9.17) is 10.8 Å². The number of aromatic nitrogens is 2. The Morgan fingerprint density at radius 2 is 2.64 bits per heavy atom. The van der Waals surface area contributed by atoms with Gasteiger partial charge in [0.1, 0.15) is 17.4 Å². The van der Waals surface area contributed by atoms with Crippen LogP contribution in [0.2, 0.25) is 0 Å². The predicted molar refractivity (Wildman–Crippen MR) is 39.2 cm³/mol. The summed E-state index contributed by atoms with van der Waals surface area (Å²) in [5.41, 5.74) is 5.25. The fraction of sp³-hybridized carbons (Fsp3) is 0.400. The van der Waals surface area contributed by atoms with Crippen molar-refractivity contribution in [2.24, 2.45) is 5.73 Å². The molecular weight excluding hydrogens is 166 g/mol. The van der Waals surface area contributed by atoms with Crippen LogP contribution in [0, 0.1) is 0 Å². The Bertz CT molecular complexity index is 236. The van der Waals surface area contributed by atoms with Gasteiger partial charge in [-0.1, -0.05) is 0 Å². The normalized spacial score (nSPS) is 12.8. The minimum atomic E-state index is -1.01. The average Bonchev–Trinajstić information content (AvgIpc) is 2.39. The van der Waals surface area contributed by atoms with E-state index < -0.39 is 12.0 Å². The number of hydrogen-bond acceptors (Lipinski definition) is 5. The van der Waals surface area contributed by atoms with Crippen LogP contribution in [0.15, 0.2) is 6.33 Å². The Balaban J connectivity index is 2.50. The van der Waals surface area contributed by atoms with E-state index in [0.717, 1.165) is 11.5 Å². The molecule has 0 aromatic carbocycles. The van der Waals surface area contributed by atoms with E-state index in [1.807, 2.05) is 0 Å². The van der Waals surface area contributed by atoms with Crippen LogP contribution in [0.5, 0.6) is 0 Å². The molecule has 11 heavy (non-hydrogen) atoms. The second-order valence-electron chi connectivity index (χ2n) is 1.98. The second kappa shape index (κ2) is 3.40. The fourth-order valence-corrected chi connectivity index (χ4v) is 1.13. The molecule has 1 heterocycles. The van der Waals surface area contributed by atoms with E-state index in [1.165, 1.54) is 6.33 Å². The lowest BCUT2D eigenvalue weighted by Crippen LogP contribution is -2.32. The van der Waals surface area contributed by atoms with Crippen molar-refractivity contribution in [2.75, 3.05) is 0 Å². The molecular formula is C5H7N3O2S. The maximum atomic E-state index is 10.3. The van der Waals surface area contributed by atoms with Crippen molar-refractivity contribution in [1.82, 2.24) is 9.36 Å². The van der Waals surface area contributed by atoms with Gasteiger partial charge in [0.15, 0.2) is 0 Å². The summed E-state index contributed by atoms with van der Waals surface area (Å²) in [5.74, 6) is -1.01. The summed E-state index contributed by atoms with van der Waals surface area (Å²) in [6, 6.07) is -0.872. The topological polar surface area (TPSA) is 89.1 Å². The molecule has 0 spiro atoms. The Hall–Kier alpha value is -1.01. The first-order valence-corrected chi connectivity index (χ1v) is 3.71. The van der Waals surface area contributed by atoms with Gasteiger partial charge < -0.3 is 10.8 Å². The molecule has 1 aromatic rings. The number of hydrogen-bond donors (Lipinski definition) is 2. The summed E-state index contributed by atoms with van der Waals surface area (Å²) < 4.78 is 3.72. The van der Waals surface area contributed by atoms with Gasteiger partial charge in [-0.15, -0.1) is 0 Å². The number of carbonyl (C=O) groups is 1. The molecule has 5 nitrogen and oxygen atoms in total. The summed E-state index contributed by atoms with van der Waals surface area (Å²) in [6.45, 7) is 0. The third-order valence-electron chi connectivity index (χ3n) is 1.12. The van der Waals surface area contributed by atoms with Gasteiger partial charge in [-0.2, -0.15) is 4.37 Å². The van der Waals surface area contributed by atoms with Crippen LogP contribution in [-0.2, 0) is 11.2 Å². The Morgan fingerprint density at radius 3 is 3.09 bits per heavy atom. The minimum absolute atomic E-state index is 0.250. The molecule has 0 fully saturated rings. The van der Waals surface area contributed by atoms with Crippen LogP contribution in [0.4, 0.5) is 0 Å². The maximum absolute atomic E-state index is 10.3. The average molecular weight is 173 g/mol. The van der Waals surface area contributed by atoms with Gasteiger partial charge in [0.25, 0.3) is 0 Å². The van der Waals surface area contributed by atoms with E-state index in [9.17, 15) is 4.79 Å². The summed E-state index contributed by atoms with van der Waals surface area (Å²) in [7, 11) is 0. The molecule has 0 bridgehead atoms. The molecule has 0 saturated carbocycles. The highest BCUT2D eigenvalue weighted by Gasteiger charge is 2.13. The van der Waals surface area contributed by atoms with Gasteiger partial charge in [0.2, 0.25) is 0 Å². The van der Waals surface area contributed by atoms with Gasteiger partial charge >= 0.3 is 5.97 Å². The van der Waals surface area contributed by atoms with E-state index in [2.05, 4.69) is 9.36 Å². The van der Waals surface area contributed by atoms with E-state index in [1.54, 1.807) is 0 Å². The van der Waals surface area contributed by atoms with E-state index in [-0.39, 0.29) is 6.42 Å². The van der Waals surface area contributed by atoms with Gasteiger partial charge in [0, 0.05) is 6.42 Å². The third-order valence-corrected chi connectivity index (χ3v) is 1.80. The molecule has 0 aliphatic carbocycles. The van der Waals surface area contributed by atoms with E-state index >= 15 is 0 Å². The predicted octanol–water partition coefficient (Wildman–Crippen LogP) is -0.508. The zero-order valence-corrected chi connectivity index (χ0v) is 6.41. The van der Waals surface area contributed by atoms with Crippen molar-refractivity contribution in [2.45, 2.75) is 12.5 Å². The SMILES string of the molecule is NC(Cc1ncns1)C(=O)O. The van der Waals surface area contributed by atoms with Crippen molar-refractivity contribution < 1.29 is 9.90 Å². The molecule has 0 amide bonds. The van der Waals surface area contributed by atoms with Crippen LogP contribution in [-0.4, -0.2) is 26.5 Å². The lowest BCUT2D eigenvalue weighted by Gasteiger charge is -2.00. The van der Waals surface area contributed by atoms with Crippen molar-refractivity contribution in [3.63, 3.8) is 0 Å². The molecule has 3 N–H and O–H groups in total. The van der Waals surface area contributed by atoms with Crippen LogP contribution < -0.4 is 5.73 Å². The van der Waals surface area contributed by atoms with E-state index in [0.29, 0.717) is 5.01 Å². The van der Waals surface area contributed by atoms with Gasteiger partial charge in [-0.05, 0) is 11.5 Å². The van der Waals surface area contributed by atoms with Crippen molar-refractivity contribution in [3.05, 3.63) is 11.3 Å². The van der Waals surface area contributed by atoms with Gasteiger partial charge in [0.05, 0.1) is 0 Å². The minimum Gasteiger partial charge on any atom is -0.480 e. The first kappa shape index (κ1) is 8.09. The van der Waals surface area contributed by atoms with Crippen LogP contribution in [0.25, 0.3) is 0 Å². The first-order valence-electron chi connectivity index (χ1n) is 2.94. The Morgan fingerprint density at radius 1 is 1.91 bits per heavy atom. The number of carboxylic acids is 1. The second-order valence-corrected chi connectivity index (χ2v) is 2.85. The molecule has 0 saturated heterocycles. The molecule has 1 aromatic heterocycles. The molecule has 60 valence electrons.